The molecule has 1 aliphatic carbocycles. The molecule has 32 heavy (non-hydrogen) atoms. The van der Waals surface area contributed by atoms with Crippen LogP contribution >= 0.6 is 9.47 Å². The summed E-state index contributed by atoms with van der Waals surface area (Å²) in [6.45, 7) is 7.73. The number of ketones is 1. The minimum atomic E-state index is -0.532. The number of carbonyl (C=O) groups is 2. The van der Waals surface area contributed by atoms with Gasteiger partial charge in [-0.25, -0.2) is 0 Å². The van der Waals surface area contributed by atoms with Crippen molar-refractivity contribution in [2.45, 2.75) is 90.4 Å². The van der Waals surface area contributed by atoms with Gasteiger partial charge in [-0.05, 0) is 37.5 Å². The average molecular weight is 471 g/mol. The van der Waals surface area contributed by atoms with Crippen LogP contribution in [0.3, 0.4) is 0 Å². The third-order valence-electron chi connectivity index (χ3n) is 7.17. The average Bonchev–Trinajstić information content (AvgIpc) is 3.38. The first kappa shape index (κ1) is 27.4. The van der Waals surface area contributed by atoms with Crippen molar-refractivity contribution in [1.29, 1.82) is 0 Å². The van der Waals surface area contributed by atoms with E-state index < -0.39 is 5.79 Å². The highest BCUT2D eigenvalue weighted by atomic mass is 31.0. The maximum Gasteiger partial charge on any atom is 0.305 e. The van der Waals surface area contributed by atoms with Gasteiger partial charge >= 0.3 is 5.97 Å². The highest BCUT2D eigenvalue weighted by molar-refractivity contribution is 7.09. The van der Waals surface area contributed by atoms with Crippen LogP contribution in [-0.4, -0.2) is 44.0 Å². The molecule has 2 fully saturated rings. The minimum Gasteiger partial charge on any atom is -0.469 e. The molecule has 0 aromatic rings. The fourth-order valence-electron chi connectivity index (χ4n) is 5.11. The van der Waals surface area contributed by atoms with Crippen LogP contribution in [0.15, 0.2) is 12.2 Å². The Labute approximate surface area is 196 Å². The number of hydrogen-bond donors (Lipinski definition) is 0. The molecule has 1 saturated carbocycles. The molecule has 1 saturated heterocycles. The molecule has 0 radical (unpaired) electrons. The summed E-state index contributed by atoms with van der Waals surface area (Å²) in [5, 5.41) is 0. The Morgan fingerprint density at radius 1 is 1.28 bits per heavy atom. The second-order valence-corrected chi connectivity index (χ2v) is 9.81. The molecule has 0 bridgehead atoms. The van der Waals surface area contributed by atoms with Crippen LogP contribution in [0.5, 0.6) is 0 Å². The maximum atomic E-state index is 12.8. The minimum absolute atomic E-state index is 0.0443. The van der Waals surface area contributed by atoms with Gasteiger partial charge < -0.3 is 18.7 Å². The zero-order valence-electron chi connectivity index (χ0n) is 20.3. The van der Waals surface area contributed by atoms with E-state index in [0.29, 0.717) is 38.4 Å². The molecule has 1 aliphatic heterocycles. The molecule has 0 amide bonds. The van der Waals surface area contributed by atoms with E-state index in [2.05, 4.69) is 35.5 Å². The predicted molar refractivity (Wildman–Crippen MR) is 128 cm³/mol. The first-order valence-corrected chi connectivity index (χ1v) is 12.7. The number of Topliss-reactive ketones (excluding diaryl/α,β-unsaturated/α-hetero) is 1. The zero-order chi connectivity index (χ0) is 23.6. The number of rotatable bonds is 14. The molecule has 0 aromatic heterocycles. The van der Waals surface area contributed by atoms with Gasteiger partial charge in [0.2, 0.25) is 0 Å². The standard InChI is InChI=1S/C25H43O6P/c1-5-6-10-19(3)25(29-14-15-30-25)13-12-21-20(22(26)17-23(21)31-32)11-8-7-9-18(2)16-24(27)28-4/h7-8,18-21,23H,5-6,9-17,32H2,1-4H3/t18?,19?,20?,21-,23?/m1/s1. The van der Waals surface area contributed by atoms with Gasteiger partial charge in [0.15, 0.2) is 5.79 Å². The van der Waals surface area contributed by atoms with Crippen molar-refractivity contribution in [3.63, 3.8) is 0 Å². The summed E-state index contributed by atoms with van der Waals surface area (Å²) >= 11 is 0. The van der Waals surface area contributed by atoms with Gasteiger partial charge in [-0.3, -0.25) is 9.59 Å². The summed E-state index contributed by atoms with van der Waals surface area (Å²) in [6, 6.07) is 0. The van der Waals surface area contributed by atoms with Crippen molar-refractivity contribution in [3.05, 3.63) is 12.2 Å². The lowest BCUT2D eigenvalue weighted by molar-refractivity contribution is -0.201. The van der Waals surface area contributed by atoms with E-state index in [-0.39, 0.29) is 35.6 Å². The smallest absolute Gasteiger partial charge is 0.305 e. The molecule has 5 unspecified atom stereocenters. The second-order valence-electron chi connectivity index (χ2n) is 9.53. The number of hydrogen-bond acceptors (Lipinski definition) is 6. The fraction of sp³-hybridized carbons (Fsp3) is 0.840. The monoisotopic (exact) mass is 470 g/mol. The fourth-order valence-corrected chi connectivity index (χ4v) is 5.41. The number of carbonyl (C=O) groups excluding carboxylic acids is 2. The number of ether oxygens (including phenoxy) is 3. The molecule has 1 heterocycles. The molecular weight excluding hydrogens is 427 g/mol. The van der Waals surface area contributed by atoms with Crippen LogP contribution in [0.2, 0.25) is 0 Å². The lowest BCUT2D eigenvalue weighted by atomic mass is 9.83. The molecule has 2 rings (SSSR count). The molecule has 0 N–H and O–H groups in total. The third-order valence-corrected chi connectivity index (χ3v) is 7.52. The van der Waals surface area contributed by atoms with Gasteiger partial charge in [0, 0.05) is 40.6 Å². The van der Waals surface area contributed by atoms with Crippen molar-refractivity contribution >= 4 is 21.2 Å². The van der Waals surface area contributed by atoms with E-state index >= 15 is 0 Å². The topological polar surface area (TPSA) is 71.1 Å². The normalized spacial score (nSPS) is 27.2. The van der Waals surface area contributed by atoms with Crippen LogP contribution < -0.4 is 0 Å². The van der Waals surface area contributed by atoms with Crippen molar-refractivity contribution in [2.75, 3.05) is 20.3 Å². The summed E-state index contributed by atoms with van der Waals surface area (Å²) in [4.78, 5) is 24.2. The van der Waals surface area contributed by atoms with E-state index in [9.17, 15) is 9.59 Å². The number of methoxy groups -OCH3 is 1. The quantitative estimate of drug-likeness (QED) is 0.196. The maximum absolute atomic E-state index is 12.8. The van der Waals surface area contributed by atoms with Crippen LogP contribution in [0, 0.1) is 23.7 Å². The summed E-state index contributed by atoms with van der Waals surface area (Å²) < 4.78 is 22.7. The molecule has 6 nitrogen and oxygen atoms in total. The van der Waals surface area contributed by atoms with Gasteiger partial charge in [0.05, 0.1) is 26.4 Å². The highest BCUT2D eigenvalue weighted by Gasteiger charge is 2.46. The van der Waals surface area contributed by atoms with E-state index in [1.165, 1.54) is 7.11 Å². The molecular formula is C25H43O6P. The van der Waals surface area contributed by atoms with Gasteiger partial charge in [0.25, 0.3) is 0 Å². The van der Waals surface area contributed by atoms with Crippen molar-refractivity contribution in [3.8, 4) is 0 Å². The lowest BCUT2D eigenvalue weighted by Gasteiger charge is -2.35. The van der Waals surface area contributed by atoms with Crippen LogP contribution in [0.4, 0.5) is 0 Å². The first-order chi connectivity index (χ1) is 15.4. The Kier molecular flexibility index (Phi) is 11.8. The Morgan fingerprint density at radius 2 is 2.00 bits per heavy atom. The van der Waals surface area contributed by atoms with E-state index in [1.807, 2.05) is 6.92 Å². The summed E-state index contributed by atoms with van der Waals surface area (Å²) in [6.07, 6.45) is 11.5. The van der Waals surface area contributed by atoms with Crippen molar-refractivity contribution in [1.82, 2.24) is 0 Å². The Morgan fingerprint density at radius 3 is 2.62 bits per heavy atom. The Hall–Kier alpha value is -0.810. The molecule has 7 heteroatoms. The highest BCUT2D eigenvalue weighted by Crippen LogP contribution is 2.43. The molecule has 0 spiro atoms. The molecule has 6 atom stereocenters. The van der Waals surface area contributed by atoms with Gasteiger partial charge in [-0.2, -0.15) is 0 Å². The Bertz CT molecular complexity index is 616. The van der Waals surface area contributed by atoms with Gasteiger partial charge in [-0.1, -0.05) is 45.8 Å². The predicted octanol–water partition coefficient (Wildman–Crippen LogP) is 5.25. The van der Waals surface area contributed by atoms with Gasteiger partial charge in [-0.15, -0.1) is 0 Å². The van der Waals surface area contributed by atoms with Crippen LogP contribution in [0.25, 0.3) is 0 Å². The first-order valence-electron chi connectivity index (χ1n) is 12.2. The van der Waals surface area contributed by atoms with Crippen LogP contribution in [-0.2, 0) is 28.3 Å². The zero-order valence-corrected chi connectivity index (χ0v) is 21.5. The molecule has 2 aliphatic rings. The lowest BCUT2D eigenvalue weighted by Crippen LogP contribution is -2.39. The van der Waals surface area contributed by atoms with E-state index in [4.69, 9.17) is 18.7 Å². The van der Waals surface area contributed by atoms with Gasteiger partial charge in [0.1, 0.15) is 5.78 Å². The number of unbranched alkanes of at least 4 members (excludes halogenated alkanes) is 1. The summed E-state index contributed by atoms with van der Waals surface area (Å²) in [5.74, 6) is 0.213. The second kappa shape index (κ2) is 13.8. The number of allylic oxidation sites excluding steroid dienone is 2. The Balaban J connectivity index is 1.96. The summed E-state index contributed by atoms with van der Waals surface area (Å²) in [5.41, 5.74) is 0. The third kappa shape index (κ3) is 7.62. The largest absolute Gasteiger partial charge is 0.469 e. The van der Waals surface area contributed by atoms with E-state index in [0.717, 1.165) is 38.5 Å². The van der Waals surface area contributed by atoms with E-state index in [1.54, 1.807) is 0 Å². The molecule has 0 aromatic carbocycles. The molecule has 184 valence electrons. The van der Waals surface area contributed by atoms with Crippen molar-refractivity contribution < 1.29 is 28.3 Å². The van der Waals surface area contributed by atoms with Crippen molar-refractivity contribution in [2.24, 2.45) is 23.7 Å². The number of esters is 1. The summed E-state index contributed by atoms with van der Waals surface area (Å²) in [7, 11) is 3.77. The SMILES string of the molecule is CCCCC(C)C1(CC[C@H]2C(OP)CC(=O)C2CC=CCC(C)CC(=O)OC)OCCO1. The van der Waals surface area contributed by atoms with Crippen LogP contribution in [0.1, 0.15) is 78.6 Å².